The summed E-state index contributed by atoms with van der Waals surface area (Å²) in [5.74, 6) is -2.52. The molecule has 0 radical (unpaired) electrons. The largest absolute Gasteiger partial charge is 0.478 e. The van der Waals surface area contributed by atoms with Gasteiger partial charge in [0, 0.05) is 16.3 Å². The summed E-state index contributed by atoms with van der Waals surface area (Å²) in [6.45, 7) is 1.77. The van der Waals surface area contributed by atoms with Crippen molar-refractivity contribution in [1.29, 1.82) is 0 Å². The van der Waals surface area contributed by atoms with Crippen molar-refractivity contribution in [2.75, 3.05) is 10.6 Å². The second-order valence-electron chi connectivity index (χ2n) is 8.10. The van der Waals surface area contributed by atoms with Gasteiger partial charge < -0.3 is 15.7 Å². The minimum atomic E-state index is -1.49. The lowest BCUT2D eigenvalue weighted by atomic mass is 10.1. The Bertz CT molecular complexity index is 1600. The van der Waals surface area contributed by atoms with Crippen molar-refractivity contribution in [3.63, 3.8) is 0 Å². The fraction of sp³-hybridized carbons (Fsp3) is 0.0741. The smallest absolute Gasteiger partial charge is 0.338 e. The predicted molar refractivity (Wildman–Crippen MR) is 156 cm³/mol. The zero-order chi connectivity index (χ0) is 27.6. The molecule has 1 atom stereocenters. The molecule has 3 N–H and O–H groups in total. The summed E-state index contributed by atoms with van der Waals surface area (Å²) < 4.78 is 0. The average Bonchev–Trinajstić information content (AvgIpc) is 2.89. The lowest BCUT2D eigenvalue weighted by Gasteiger charge is -2.15. The molecule has 4 aromatic rings. The number of rotatable bonds is 7. The number of hydrogen-bond acceptors (Lipinski definition) is 4. The highest BCUT2D eigenvalue weighted by molar-refractivity contribution is 8.00. The number of fused-ring (bicyclic) bond motifs is 1. The highest BCUT2D eigenvalue weighted by Gasteiger charge is 2.29. The van der Waals surface area contributed by atoms with Crippen LogP contribution in [0.5, 0.6) is 0 Å². The number of halogens is 4. The van der Waals surface area contributed by atoms with E-state index in [1.165, 1.54) is 11.8 Å². The molecule has 38 heavy (non-hydrogen) atoms. The molecular weight excluding hydrogens is 590 g/mol. The maximum atomic E-state index is 13.0. The van der Waals surface area contributed by atoms with E-state index in [2.05, 4.69) is 10.6 Å². The first-order valence-corrected chi connectivity index (χ1v) is 13.4. The molecule has 0 aliphatic heterocycles. The van der Waals surface area contributed by atoms with Crippen molar-refractivity contribution >= 4 is 98.1 Å². The minimum Gasteiger partial charge on any atom is -0.478 e. The third-order valence-corrected chi connectivity index (χ3v) is 8.39. The van der Waals surface area contributed by atoms with Gasteiger partial charge in [-0.05, 0) is 48.0 Å². The van der Waals surface area contributed by atoms with Crippen LogP contribution in [0.1, 0.15) is 27.6 Å². The quantitative estimate of drug-likeness (QED) is 0.111. The number of anilines is 2. The van der Waals surface area contributed by atoms with Gasteiger partial charge in [-0.1, -0.05) is 82.8 Å². The van der Waals surface area contributed by atoms with Gasteiger partial charge in [0.25, 0.3) is 5.91 Å². The Hall–Kier alpha value is -2.94. The zero-order valence-electron chi connectivity index (χ0n) is 19.5. The molecule has 0 saturated heterocycles. The van der Waals surface area contributed by atoms with Gasteiger partial charge >= 0.3 is 5.97 Å². The van der Waals surface area contributed by atoms with Crippen molar-refractivity contribution in [3.05, 3.63) is 97.9 Å². The second kappa shape index (κ2) is 11.8. The average molecular weight is 608 g/mol. The Kier molecular flexibility index (Phi) is 8.75. The minimum absolute atomic E-state index is 0.192. The Labute approximate surface area is 242 Å². The van der Waals surface area contributed by atoms with E-state index in [1.54, 1.807) is 31.2 Å². The fourth-order valence-corrected chi connectivity index (χ4v) is 5.60. The number of hydrogen-bond donors (Lipinski definition) is 3. The van der Waals surface area contributed by atoms with Gasteiger partial charge in [-0.15, -0.1) is 11.8 Å². The van der Waals surface area contributed by atoms with Crippen molar-refractivity contribution in [2.45, 2.75) is 17.1 Å². The molecule has 0 heterocycles. The van der Waals surface area contributed by atoms with Gasteiger partial charge in [-0.25, -0.2) is 4.79 Å². The third-order valence-electron chi connectivity index (χ3n) is 5.50. The molecule has 0 aromatic heterocycles. The van der Waals surface area contributed by atoms with Crippen molar-refractivity contribution < 1.29 is 19.5 Å². The maximum Gasteiger partial charge on any atom is 0.338 e. The van der Waals surface area contributed by atoms with Gasteiger partial charge in [-0.3, -0.25) is 9.59 Å². The van der Waals surface area contributed by atoms with Crippen LogP contribution >= 0.6 is 58.2 Å². The van der Waals surface area contributed by atoms with Crippen LogP contribution in [0.2, 0.25) is 20.1 Å². The topological polar surface area (TPSA) is 95.5 Å². The number of benzene rings is 4. The molecular formula is C27H18Cl4N2O4S. The fourth-order valence-electron chi connectivity index (χ4n) is 3.66. The molecule has 0 aliphatic carbocycles. The molecule has 4 aromatic carbocycles. The summed E-state index contributed by atoms with van der Waals surface area (Å²) >= 11 is 25.5. The molecule has 0 saturated carbocycles. The van der Waals surface area contributed by atoms with Gasteiger partial charge in [0.1, 0.15) is 0 Å². The van der Waals surface area contributed by atoms with Gasteiger partial charge in [0.2, 0.25) is 5.91 Å². The molecule has 6 nitrogen and oxygen atoms in total. The third kappa shape index (κ3) is 6.03. The highest BCUT2D eigenvalue weighted by atomic mass is 35.5. The molecule has 0 bridgehead atoms. The maximum absolute atomic E-state index is 13.0. The summed E-state index contributed by atoms with van der Waals surface area (Å²) in [5, 5.41) is 15.5. The van der Waals surface area contributed by atoms with E-state index in [1.807, 2.05) is 42.5 Å². The van der Waals surface area contributed by atoms with E-state index in [0.717, 1.165) is 10.8 Å². The van der Waals surface area contributed by atoms with E-state index in [0.29, 0.717) is 16.3 Å². The molecule has 0 fully saturated rings. The van der Waals surface area contributed by atoms with Gasteiger partial charge in [-0.2, -0.15) is 0 Å². The molecule has 2 amide bonds. The Balaban J connectivity index is 1.49. The molecule has 1 unspecified atom stereocenters. The molecule has 0 spiro atoms. The summed E-state index contributed by atoms with van der Waals surface area (Å²) in [6.07, 6.45) is 0. The first-order valence-electron chi connectivity index (χ1n) is 11.0. The van der Waals surface area contributed by atoms with E-state index in [-0.39, 0.29) is 21.0 Å². The number of carboxylic acids is 1. The number of carboxylic acid groups (broad SMARTS) is 1. The molecule has 11 heteroatoms. The number of nitrogens with one attached hydrogen (secondary N) is 2. The number of thioether (sulfide) groups is 1. The molecule has 194 valence electrons. The lowest BCUT2D eigenvalue weighted by molar-refractivity contribution is -0.115. The zero-order valence-corrected chi connectivity index (χ0v) is 23.4. The van der Waals surface area contributed by atoms with Crippen LogP contribution in [0.15, 0.2) is 71.6 Å². The number of aromatic carboxylic acids is 1. The van der Waals surface area contributed by atoms with Crippen LogP contribution in [-0.2, 0) is 4.79 Å². The normalized spacial score (nSPS) is 11.7. The second-order valence-corrected chi connectivity index (χ2v) is 11.0. The van der Waals surface area contributed by atoms with Crippen LogP contribution in [0.4, 0.5) is 11.4 Å². The van der Waals surface area contributed by atoms with E-state index < -0.39 is 33.3 Å². The first-order chi connectivity index (χ1) is 18.1. The number of carbonyl (C=O) groups excluding carboxylic acids is 2. The van der Waals surface area contributed by atoms with Crippen LogP contribution in [0, 0.1) is 0 Å². The summed E-state index contributed by atoms with van der Waals surface area (Å²) in [5.41, 5.74) is 0.0538. The standard InChI is InChI=1S/C27H18Cl4N2O4S/c1-13(25(34)32-17-10-9-14-5-2-3-6-15(14)11-17)38-18-8-4-7-16(12-18)33-26(35)19-20(27(36)37)22(29)24(31)23(30)21(19)28/h2-13H,1H3,(H,32,34)(H,33,35)(H,36,37). The van der Waals surface area contributed by atoms with Crippen LogP contribution < -0.4 is 10.6 Å². The monoisotopic (exact) mass is 606 g/mol. The SMILES string of the molecule is CC(Sc1cccc(NC(=O)c2c(Cl)c(Cl)c(Cl)c(Cl)c2C(=O)O)c1)C(=O)Nc1ccc2ccccc2c1. The summed E-state index contributed by atoms with van der Waals surface area (Å²) in [6, 6.07) is 20.3. The van der Waals surface area contributed by atoms with Crippen LogP contribution in [-0.4, -0.2) is 28.1 Å². The van der Waals surface area contributed by atoms with Gasteiger partial charge in [0.05, 0.1) is 36.5 Å². The predicted octanol–water partition coefficient (Wildman–Crippen LogP) is 8.52. The Morgan fingerprint density at radius 3 is 2.05 bits per heavy atom. The van der Waals surface area contributed by atoms with Gasteiger partial charge in [0.15, 0.2) is 0 Å². The van der Waals surface area contributed by atoms with Crippen LogP contribution in [0.3, 0.4) is 0 Å². The van der Waals surface area contributed by atoms with E-state index in [9.17, 15) is 19.5 Å². The number of amides is 2. The van der Waals surface area contributed by atoms with Crippen molar-refractivity contribution in [1.82, 2.24) is 0 Å². The van der Waals surface area contributed by atoms with Crippen molar-refractivity contribution in [3.8, 4) is 0 Å². The molecule has 4 rings (SSSR count). The Morgan fingerprint density at radius 1 is 0.737 bits per heavy atom. The van der Waals surface area contributed by atoms with Crippen molar-refractivity contribution in [2.24, 2.45) is 0 Å². The lowest BCUT2D eigenvalue weighted by Crippen LogP contribution is -2.22. The number of carbonyl (C=O) groups is 3. The van der Waals surface area contributed by atoms with E-state index in [4.69, 9.17) is 46.4 Å². The summed E-state index contributed by atoms with van der Waals surface area (Å²) in [7, 11) is 0. The first kappa shape index (κ1) is 28.1. The van der Waals surface area contributed by atoms with E-state index >= 15 is 0 Å². The van der Waals surface area contributed by atoms with Crippen LogP contribution in [0.25, 0.3) is 10.8 Å². The summed E-state index contributed by atoms with van der Waals surface area (Å²) in [4.78, 5) is 38.3. The molecule has 0 aliphatic rings. The Morgan fingerprint density at radius 2 is 1.37 bits per heavy atom. The highest BCUT2D eigenvalue weighted by Crippen LogP contribution is 2.42.